The maximum atomic E-state index is 12.8. The first-order valence-corrected chi connectivity index (χ1v) is 25.5. The summed E-state index contributed by atoms with van der Waals surface area (Å²) in [6.45, 7) is 5.47. The van der Waals surface area contributed by atoms with Crippen molar-refractivity contribution < 1.29 is 62.4 Å². The Balaban J connectivity index is 0.000000203. The van der Waals surface area contributed by atoms with E-state index in [0.717, 1.165) is 30.1 Å². The van der Waals surface area contributed by atoms with E-state index in [0.29, 0.717) is 82.6 Å². The molecule has 3 aromatic carbocycles. The fourth-order valence-corrected chi connectivity index (χ4v) is 13.1. The highest BCUT2D eigenvalue weighted by molar-refractivity contribution is 8.21. The minimum Gasteiger partial charge on any atom is -0.483 e. The SMILES string of the molecule is CC1(C)C[C@@H](Nc2cccc(-c3sc(C(=O)O)c(OCC(=O)O)c3Cl)c2)CCN1S(O)(O)Cc1cccc(NC=O)c1.O=C1CCC(N2Cc3c(OCC(=O)N4C[C@H]5C[C@H]5C4)cccc3C2=O)C(=O)N1. The van der Waals surface area contributed by atoms with Crippen molar-refractivity contribution in [1.82, 2.24) is 19.4 Å². The lowest BCUT2D eigenvalue weighted by atomic mass is 9.89. The van der Waals surface area contributed by atoms with Crippen LogP contribution in [-0.4, -0.2) is 126 Å². The molecular formula is C48H53ClN6O13S2. The molecule has 1 aliphatic carbocycles. The molecule has 22 heteroatoms. The molecular weight excluding hydrogens is 968 g/mol. The van der Waals surface area contributed by atoms with E-state index in [4.69, 9.17) is 26.2 Å². The molecule has 5 aliphatic rings. The minimum absolute atomic E-state index is 0.00432. The number of halogens is 1. The Labute approximate surface area is 413 Å². The predicted octanol–water partition coefficient (Wildman–Crippen LogP) is 6.62. The molecule has 3 saturated heterocycles. The Morgan fingerprint density at radius 2 is 1.69 bits per heavy atom. The van der Waals surface area contributed by atoms with Crippen LogP contribution in [0.3, 0.4) is 0 Å². The molecule has 0 radical (unpaired) electrons. The maximum Gasteiger partial charge on any atom is 0.349 e. The molecule has 4 aromatic rings. The van der Waals surface area contributed by atoms with Crippen molar-refractivity contribution in [3.05, 3.63) is 93.3 Å². The van der Waals surface area contributed by atoms with Gasteiger partial charge in [-0.2, -0.15) is 0 Å². The zero-order chi connectivity index (χ0) is 50.1. The molecule has 0 spiro atoms. The zero-order valence-corrected chi connectivity index (χ0v) is 40.6. The number of carboxylic acids is 2. The lowest BCUT2D eigenvalue weighted by Gasteiger charge is -2.55. The van der Waals surface area contributed by atoms with Crippen LogP contribution in [0.2, 0.25) is 5.02 Å². The highest BCUT2D eigenvalue weighted by Crippen LogP contribution is 2.53. The van der Waals surface area contributed by atoms with Crippen LogP contribution in [0.4, 0.5) is 11.4 Å². The third-order valence-corrected chi connectivity index (χ3v) is 16.8. The first-order chi connectivity index (χ1) is 33.3. The molecule has 372 valence electrons. The number of thiophene rings is 1. The number of imide groups is 1. The van der Waals surface area contributed by atoms with Gasteiger partial charge in [0.15, 0.2) is 23.8 Å². The summed E-state index contributed by atoms with van der Waals surface area (Å²) in [6, 6.07) is 18.8. The van der Waals surface area contributed by atoms with Crippen molar-refractivity contribution in [2.45, 2.75) is 75.9 Å². The summed E-state index contributed by atoms with van der Waals surface area (Å²) < 4.78 is 35.1. The molecule has 5 amide bonds. The summed E-state index contributed by atoms with van der Waals surface area (Å²) >= 11 is 7.36. The number of hydrogen-bond donors (Lipinski definition) is 7. The molecule has 0 bridgehead atoms. The standard InChI is InChI=1S/C28H32ClN3O8S2.C20H21N3O5/c1-28(2)13-21(9-10-32(28)42(38,39)15-17-5-3-7-19(11-17)30-16-33)31-20-8-4-6-18(12-20)25-23(29)24(40-14-22(34)35)26(41-25)27(36)37;24-17-5-4-15(19(26)21-17)23-9-14-13(20(23)27)2-1-3-16(14)28-10-18(25)22-7-11-6-12(11)8-22/h3-8,11-12,16,21,31,38-39H,9-10,13-15H2,1-2H3,(H,30,33)(H,34,35)(H,36,37);1-3,11-12,15H,4-10H2,(H,21,24,26)/t21-;11-,12+,15?/m0./s1. The Kier molecular flexibility index (Phi) is 14.8. The molecule has 19 nitrogen and oxygen atoms in total. The van der Waals surface area contributed by atoms with Gasteiger partial charge in [-0.1, -0.05) is 41.9 Å². The first kappa shape index (κ1) is 50.2. The van der Waals surface area contributed by atoms with Crippen LogP contribution < -0.4 is 25.4 Å². The number of fused-ring (bicyclic) bond motifs is 2. The van der Waals surface area contributed by atoms with E-state index in [1.807, 2.05) is 30.9 Å². The number of anilines is 2. The van der Waals surface area contributed by atoms with Crippen molar-refractivity contribution in [3.8, 4) is 21.9 Å². The van der Waals surface area contributed by atoms with Crippen LogP contribution in [0.15, 0.2) is 66.7 Å². The molecule has 1 aromatic heterocycles. The monoisotopic (exact) mass is 1020 g/mol. The second kappa shape index (κ2) is 20.6. The number of benzene rings is 3. The van der Waals surface area contributed by atoms with Crippen molar-refractivity contribution in [2.75, 3.05) is 43.5 Å². The topological polar surface area (TPSA) is 265 Å². The summed E-state index contributed by atoms with van der Waals surface area (Å²) in [5.74, 6) is -1.86. The number of ether oxygens (including phenoxy) is 2. The van der Waals surface area contributed by atoms with E-state index in [1.54, 1.807) is 58.9 Å². The number of carbonyl (C=O) groups is 7. The number of carboxylic acid groups (broad SMARTS) is 2. The molecule has 9 rings (SSSR count). The van der Waals surface area contributed by atoms with Gasteiger partial charge < -0.3 is 40.1 Å². The van der Waals surface area contributed by atoms with Crippen LogP contribution >= 0.6 is 33.7 Å². The first-order valence-electron chi connectivity index (χ1n) is 22.6. The zero-order valence-electron chi connectivity index (χ0n) is 38.2. The fraction of sp³-hybridized carbons (Fsp3) is 0.396. The second-order valence-electron chi connectivity index (χ2n) is 18.5. The van der Waals surface area contributed by atoms with Crippen molar-refractivity contribution in [1.29, 1.82) is 0 Å². The lowest BCUT2D eigenvalue weighted by molar-refractivity contribution is -0.139. The quantitative estimate of drug-likeness (QED) is 0.0459. The minimum atomic E-state index is -3.16. The van der Waals surface area contributed by atoms with Crippen molar-refractivity contribution in [3.63, 3.8) is 0 Å². The fourth-order valence-electron chi connectivity index (χ4n) is 9.66. The molecule has 5 heterocycles. The Hall–Kier alpha value is -6.23. The second-order valence-corrected chi connectivity index (χ2v) is 21.9. The summed E-state index contributed by atoms with van der Waals surface area (Å²) in [6.07, 6.45) is 3.57. The molecule has 4 atom stereocenters. The summed E-state index contributed by atoms with van der Waals surface area (Å²) in [5.41, 5.74) is 3.29. The average Bonchev–Trinajstić information content (AvgIpc) is 3.56. The Morgan fingerprint density at radius 3 is 2.39 bits per heavy atom. The van der Waals surface area contributed by atoms with E-state index in [9.17, 15) is 47.8 Å². The van der Waals surface area contributed by atoms with Crippen LogP contribution in [-0.2, 0) is 36.3 Å². The number of nitrogens with zero attached hydrogens (tertiary/aromatic N) is 3. The van der Waals surface area contributed by atoms with Gasteiger partial charge in [0.05, 0.1) is 17.2 Å². The summed E-state index contributed by atoms with van der Waals surface area (Å²) in [7, 11) is -3.16. The number of aromatic carboxylic acids is 1. The van der Waals surface area contributed by atoms with Gasteiger partial charge in [0.2, 0.25) is 18.2 Å². The number of piperidine rings is 3. The van der Waals surface area contributed by atoms with Gasteiger partial charge in [0.25, 0.3) is 11.8 Å². The number of amides is 5. The molecule has 1 unspecified atom stereocenters. The van der Waals surface area contributed by atoms with Crippen molar-refractivity contribution in [2.24, 2.45) is 11.8 Å². The predicted molar refractivity (Wildman–Crippen MR) is 261 cm³/mol. The highest BCUT2D eigenvalue weighted by atomic mass is 35.5. The largest absolute Gasteiger partial charge is 0.483 e. The lowest BCUT2D eigenvalue weighted by Crippen LogP contribution is -2.53. The average molecular weight is 1020 g/mol. The number of nitrogens with one attached hydrogen (secondary N) is 3. The van der Waals surface area contributed by atoms with Crippen LogP contribution in [0, 0.1) is 11.8 Å². The summed E-state index contributed by atoms with van der Waals surface area (Å²) in [5, 5.41) is 26.9. The van der Waals surface area contributed by atoms with Gasteiger partial charge in [-0.15, -0.1) is 22.1 Å². The normalized spacial score (nSPS) is 21.6. The molecule has 4 aliphatic heterocycles. The smallest absolute Gasteiger partial charge is 0.349 e. The van der Waals surface area contributed by atoms with E-state index < -0.39 is 46.8 Å². The van der Waals surface area contributed by atoms with Gasteiger partial charge in [0, 0.05) is 60.1 Å². The Bertz CT molecular complexity index is 2720. The van der Waals surface area contributed by atoms with Gasteiger partial charge in [0.1, 0.15) is 16.8 Å². The molecule has 1 saturated carbocycles. The number of carbonyl (C=O) groups excluding carboxylic acids is 5. The van der Waals surface area contributed by atoms with Gasteiger partial charge in [-0.25, -0.2) is 13.9 Å². The third kappa shape index (κ3) is 11.2. The molecule has 7 N–H and O–H groups in total. The van der Waals surface area contributed by atoms with Gasteiger partial charge in [-0.05, 0) is 98.9 Å². The number of likely N-dealkylation sites (tertiary alicyclic amines) is 1. The third-order valence-electron chi connectivity index (χ3n) is 13.0. The van der Waals surface area contributed by atoms with Crippen LogP contribution in [0.25, 0.3) is 10.4 Å². The van der Waals surface area contributed by atoms with E-state index in [-0.39, 0.29) is 64.7 Å². The van der Waals surface area contributed by atoms with Gasteiger partial charge in [-0.3, -0.25) is 38.4 Å². The Morgan fingerprint density at radius 1 is 0.957 bits per heavy atom. The summed E-state index contributed by atoms with van der Waals surface area (Å²) in [4.78, 5) is 85.8. The van der Waals surface area contributed by atoms with Gasteiger partial charge >= 0.3 is 11.9 Å². The number of hydrogen-bond acceptors (Lipinski definition) is 14. The van der Waals surface area contributed by atoms with Crippen LogP contribution in [0.1, 0.15) is 77.1 Å². The van der Waals surface area contributed by atoms with Crippen LogP contribution in [0.5, 0.6) is 11.5 Å². The molecule has 70 heavy (non-hydrogen) atoms. The van der Waals surface area contributed by atoms with E-state index >= 15 is 0 Å². The molecule has 4 fully saturated rings. The van der Waals surface area contributed by atoms with E-state index in [2.05, 4.69) is 16.0 Å². The number of aliphatic carboxylic acids is 1. The number of rotatable bonds is 16. The maximum absolute atomic E-state index is 12.8. The van der Waals surface area contributed by atoms with Crippen molar-refractivity contribution >= 4 is 87.1 Å². The highest BCUT2D eigenvalue weighted by Gasteiger charge is 2.47. The van der Waals surface area contributed by atoms with E-state index in [1.165, 1.54) is 11.3 Å².